The van der Waals surface area contributed by atoms with Gasteiger partial charge in [-0.05, 0) is 50.8 Å². The molecule has 5 unspecified atom stereocenters. The lowest BCUT2D eigenvalue weighted by Crippen LogP contribution is -2.68. The smallest absolute Gasteiger partial charge is 0.241 e. The van der Waals surface area contributed by atoms with Crippen LogP contribution in [-0.2, 0) is 20.8 Å². The quantitative estimate of drug-likeness (QED) is 0.280. The summed E-state index contributed by atoms with van der Waals surface area (Å²) in [4.78, 5) is 51.1. The van der Waals surface area contributed by atoms with Crippen LogP contribution in [0.15, 0.2) is 23.5 Å². The zero-order valence-electron chi connectivity index (χ0n) is 18.7. The number of likely N-dealkylation sites (N-methyl/N-ethyl adjacent to an activating group) is 1. The Bertz CT molecular complexity index is 1160. The SMILES string of the molecule is CNC(C)C(=O)Nc1ccc2c(c1O)C(=O)C1=C(O)C3(O)C(=O)CC(O)CC3(C(N)=O)CC1C2. The maximum absolute atomic E-state index is 13.5. The minimum absolute atomic E-state index is 0.0180. The molecule has 0 heterocycles. The Labute approximate surface area is 194 Å². The Morgan fingerprint density at radius 3 is 2.47 bits per heavy atom. The van der Waals surface area contributed by atoms with E-state index in [4.69, 9.17) is 5.73 Å². The second-order valence-electron chi connectivity index (χ2n) is 9.33. The molecule has 4 rings (SSSR count). The van der Waals surface area contributed by atoms with Crippen LogP contribution in [0.25, 0.3) is 0 Å². The first-order valence-corrected chi connectivity index (χ1v) is 10.9. The molecule has 0 aromatic heterocycles. The van der Waals surface area contributed by atoms with Crippen LogP contribution in [0.1, 0.15) is 42.1 Å². The largest absolute Gasteiger partial charge is 0.508 e. The summed E-state index contributed by atoms with van der Waals surface area (Å²) in [5, 5.41) is 48.7. The van der Waals surface area contributed by atoms with Gasteiger partial charge in [0.25, 0.3) is 0 Å². The number of carbonyl (C=O) groups is 4. The van der Waals surface area contributed by atoms with Crippen LogP contribution in [0.3, 0.4) is 0 Å². The summed E-state index contributed by atoms with van der Waals surface area (Å²) >= 11 is 0. The molecule has 11 nitrogen and oxygen atoms in total. The van der Waals surface area contributed by atoms with Crippen molar-refractivity contribution in [3.8, 4) is 5.75 Å². The second-order valence-corrected chi connectivity index (χ2v) is 9.33. The zero-order valence-corrected chi connectivity index (χ0v) is 18.7. The Morgan fingerprint density at radius 2 is 1.85 bits per heavy atom. The van der Waals surface area contributed by atoms with Gasteiger partial charge in [-0.2, -0.15) is 0 Å². The van der Waals surface area contributed by atoms with Crippen LogP contribution in [-0.4, -0.2) is 68.6 Å². The second kappa shape index (κ2) is 7.90. The predicted molar refractivity (Wildman–Crippen MR) is 118 cm³/mol. The Hall–Kier alpha value is -3.28. The molecule has 3 aliphatic rings. The number of Topliss-reactive ketones (excluding diaryl/α,β-unsaturated/α-hetero) is 2. The van der Waals surface area contributed by atoms with E-state index in [-0.39, 0.29) is 36.1 Å². The molecule has 182 valence electrons. The molecule has 5 atom stereocenters. The van der Waals surface area contributed by atoms with Crippen molar-refractivity contribution >= 4 is 29.1 Å². The molecule has 0 aliphatic heterocycles. The fourth-order valence-electron chi connectivity index (χ4n) is 5.53. The molecular weight excluding hydrogens is 446 g/mol. The van der Waals surface area contributed by atoms with E-state index in [1.165, 1.54) is 6.07 Å². The molecule has 0 saturated heterocycles. The van der Waals surface area contributed by atoms with E-state index in [1.807, 2.05) is 0 Å². The van der Waals surface area contributed by atoms with Crippen molar-refractivity contribution in [1.29, 1.82) is 0 Å². The van der Waals surface area contributed by atoms with Crippen molar-refractivity contribution in [3.05, 3.63) is 34.6 Å². The molecule has 2 amide bonds. The van der Waals surface area contributed by atoms with Gasteiger partial charge in [0.2, 0.25) is 11.8 Å². The number of phenols is 1. The number of rotatable bonds is 4. The number of hydrogen-bond acceptors (Lipinski definition) is 9. The number of primary amides is 1. The summed E-state index contributed by atoms with van der Waals surface area (Å²) < 4.78 is 0. The van der Waals surface area contributed by atoms with Gasteiger partial charge in [-0.15, -0.1) is 0 Å². The number of aliphatic hydroxyl groups is 3. The molecule has 0 spiro atoms. The highest BCUT2D eigenvalue weighted by Gasteiger charge is 2.69. The third-order valence-corrected chi connectivity index (χ3v) is 7.46. The standard InChI is InChI=1S/C23H27N3O8/c1-9(25-2)20(32)26-13-4-3-10-5-11-7-22(21(24)33)8-12(27)6-14(28)23(22,34)19(31)16(11)18(30)15(10)17(13)29/h3-4,9,11-12,25,27,29,31,34H,5-8H2,1-2H3,(H2,24,33)(H,26,32). The number of nitrogens with two attached hydrogens (primary N) is 1. The molecule has 8 N–H and O–H groups in total. The fourth-order valence-corrected chi connectivity index (χ4v) is 5.53. The maximum atomic E-state index is 13.5. The van der Waals surface area contributed by atoms with Crippen molar-refractivity contribution in [2.24, 2.45) is 17.1 Å². The van der Waals surface area contributed by atoms with Gasteiger partial charge in [-0.1, -0.05) is 6.07 Å². The molecule has 0 bridgehead atoms. The number of benzene rings is 1. The number of ketones is 2. The minimum Gasteiger partial charge on any atom is -0.508 e. The topological polar surface area (TPSA) is 199 Å². The summed E-state index contributed by atoms with van der Waals surface area (Å²) in [6, 6.07) is 2.40. The summed E-state index contributed by atoms with van der Waals surface area (Å²) in [5.74, 6) is -5.65. The van der Waals surface area contributed by atoms with Crippen LogP contribution in [0.2, 0.25) is 0 Å². The van der Waals surface area contributed by atoms with Crippen molar-refractivity contribution in [3.63, 3.8) is 0 Å². The molecule has 1 aromatic carbocycles. The first-order chi connectivity index (χ1) is 15.9. The van der Waals surface area contributed by atoms with Gasteiger partial charge in [-0.3, -0.25) is 19.2 Å². The van der Waals surface area contributed by atoms with Gasteiger partial charge in [-0.25, -0.2) is 0 Å². The molecule has 1 fully saturated rings. The minimum atomic E-state index is -2.76. The number of nitrogens with one attached hydrogen (secondary N) is 2. The number of fused-ring (bicyclic) bond motifs is 3. The highest BCUT2D eigenvalue weighted by molar-refractivity contribution is 6.16. The summed E-state index contributed by atoms with van der Waals surface area (Å²) in [6.07, 6.45) is -2.27. The molecule has 34 heavy (non-hydrogen) atoms. The fraction of sp³-hybridized carbons (Fsp3) is 0.478. The summed E-state index contributed by atoms with van der Waals surface area (Å²) in [7, 11) is 1.58. The molecule has 0 radical (unpaired) electrons. The lowest BCUT2D eigenvalue weighted by molar-refractivity contribution is -0.181. The van der Waals surface area contributed by atoms with Gasteiger partial charge in [0, 0.05) is 12.0 Å². The maximum Gasteiger partial charge on any atom is 0.241 e. The number of aliphatic hydroxyl groups excluding tert-OH is 2. The number of carbonyl (C=O) groups excluding carboxylic acids is 4. The number of phenolic OH excluding ortho intramolecular Hbond substituents is 1. The Kier molecular flexibility index (Phi) is 5.54. The van der Waals surface area contributed by atoms with E-state index in [0.29, 0.717) is 5.56 Å². The first-order valence-electron chi connectivity index (χ1n) is 10.9. The van der Waals surface area contributed by atoms with Gasteiger partial charge in [0.1, 0.15) is 5.76 Å². The zero-order chi connectivity index (χ0) is 25.2. The van der Waals surface area contributed by atoms with Crippen LogP contribution < -0.4 is 16.4 Å². The first kappa shape index (κ1) is 23.9. The summed E-state index contributed by atoms with van der Waals surface area (Å²) in [6.45, 7) is 1.61. The van der Waals surface area contributed by atoms with Crippen molar-refractivity contribution in [1.82, 2.24) is 5.32 Å². The monoisotopic (exact) mass is 473 g/mol. The van der Waals surface area contributed by atoms with Crippen LogP contribution in [0.4, 0.5) is 5.69 Å². The number of allylic oxidation sites excluding steroid dienone is 1. The van der Waals surface area contributed by atoms with Crippen molar-refractivity contribution in [2.75, 3.05) is 12.4 Å². The predicted octanol–water partition coefficient (Wildman–Crippen LogP) is -0.564. The highest BCUT2D eigenvalue weighted by atomic mass is 16.4. The van der Waals surface area contributed by atoms with Gasteiger partial charge in [0.15, 0.2) is 22.9 Å². The number of aromatic hydroxyl groups is 1. The average Bonchev–Trinajstić information content (AvgIpc) is 2.77. The lowest BCUT2D eigenvalue weighted by atomic mass is 9.51. The van der Waals surface area contributed by atoms with E-state index < -0.39 is 70.4 Å². The van der Waals surface area contributed by atoms with Crippen LogP contribution in [0.5, 0.6) is 5.75 Å². The highest BCUT2D eigenvalue weighted by Crippen LogP contribution is 2.57. The van der Waals surface area contributed by atoms with Crippen molar-refractivity contribution in [2.45, 2.75) is 50.4 Å². The van der Waals surface area contributed by atoms with Gasteiger partial charge < -0.3 is 36.8 Å². The van der Waals surface area contributed by atoms with E-state index in [0.717, 1.165) is 0 Å². The van der Waals surface area contributed by atoms with E-state index >= 15 is 0 Å². The molecule has 1 aromatic rings. The van der Waals surface area contributed by atoms with Crippen molar-refractivity contribution < 1.29 is 39.6 Å². The molecular formula is C23H27N3O8. The van der Waals surface area contributed by atoms with Crippen LogP contribution >= 0.6 is 0 Å². The lowest BCUT2D eigenvalue weighted by Gasteiger charge is -2.53. The van der Waals surface area contributed by atoms with E-state index in [9.17, 15) is 39.6 Å². The normalized spacial score (nSPS) is 31.3. The van der Waals surface area contributed by atoms with E-state index in [2.05, 4.69) is 10.6 Å². The number of anilines is 1. The molecule has 3 aliphatic carbocycles. The number of amides is 2. The number of hydrogen-bond donors (Lipinski definition) is 7. The third-order valence-electron chi connectivity index (χ3n) is 7.46. The van der Waals surface area contributed by atoms with Gasteiger partial charge >= 0.3 is 0 Å². The Balaban J connectivity index is 1.84. The molecule has 1 saturated carbocycles. The Morgan fingerprint density at radius 1 is 1.18 bits per heavy atom. The molecule has 11 heteroatoms. The van der Waals surface area contributed by atoms with E-state index in [1.54, 1.807) is 20.0 Å². The summed E-state index contributed by atoms with van der Waals surface area (Å²) in [5.41, 5.74) is 0.757. The van der Waals surface area contributed by atoms with Gasteiger partial charge in [0.05, 0.1) is 28.8 Å². The van der Waals surface area contributed by atoms with Crippen LogP contribution in [0, 0.1) is 11.3 Å². The third kappa shape index (κ3) is 3.07. The average molecular weight is 473 g/mol.